The van der Waals surface area contributed by atoms with Gasteiger partial charge in [-0.15, -0.1) is 11.3 Å². The standard InChI is InChI=1S/C26H25N3O3S/c1-32-18-8-4-7-17(15-18)27-24(31)16-29-21-11-3-2-9-19(21)28-20-10-5-12-22(30)25(20)26(29)23-13-6-14-33-23/h2-4,6-9,11,13-15,26,28H,5,10,12,16H2,1H3,(H,27,31). The Morgan fingerprint density at radius 1 is 1.15 bits per heavy atom. The fourth-order valence-electron chi connectivity index (χ4n) is 4.57. The molecule has 0 fully saturated rings. The number of hydrogen-bond acceptors (Lipinski definition) is 6. The van der Waals surface area contributed by atoms with Gasteiger partial charge >= 0.3 is 0 Å². The molecule has 1 unspecified atom stereocenters. The molecule has 2 aromatic carbocycles. The number of ketones is 1. The molecule has 1 amide bonds. The number of para-hydroxylation sites is 2. The average molecular weight is 460 g/mol. The molecule has 1 aliphatic carbocycles. The van der Waals surface area contributed by atoms with Crippen molar-refractivity contribution in [3.63, 3.8) is 0 Å². The van der Waals surface area contributed by atoms with Crippen LogP contribution in [0.4, 0.5) is 17.1 Å². The summed E-state index contributed by atoms with van der Waals surface area (Å²) in [4.78, 5) is 29.5. The van der Waals surface area contributed by atoms with Crippen molar-refractivity contribution in [2.75, 3.05) is 29.2 Å². The molecule has 0 spiro atoms. The topological polar surface area (TPSA) is 70.7 Å². The minimum absolute atomic E-state index is 0.0997. The predicted octanol–water partition coefficient (Wildman–Crippen LogP) is 5.38. The highest BCUT2D eigenvalue weighted by atomic mass is 32.1. The van der Waals surface area contributed by atoms with Crippen molar-refractivity contribution in [1.29, 1.82) is 0 Å². The van der Waals surface area contributed by atoms with E-state index in [2.05, 4.69) is 15.5 Å². The van der Waals surface area contributed by atoms with Gasteiger partial charge in [-0.25, -0.2) is 0 Å². The molecule has 33 heavy (non-hydrogen) atoms. The summed E-state index contributed by atoms with van der Waals surface area (Å²) >= 11 is 1.61. The molecule has 0 radical (unpaired) electrons. The van der Waals surface area contributed by atoms with E-state index >= 15 is 0 Å². The van der Waals surface area contributed by atoms with Gasteiger partial charge in [-0.2, -0.15) is 0 Å². The number of benzene rings is 2. The Kier molecular flexibility index (Phi) is 5.88. The van der Waals surface area contributed by atoms with Crippen molar-refractivity contribution < 1.29 is 14.3 Å². The Morgan fingerprint density at radius 3 is 2.85 bits per heavy atom. The van der Waals surface area contributed by atoms with Gasteiger partial charge < -0.3 is 20.3 Å². The van der Waals surface area contributed by atoms with Gasteiger partial charge in [0.15, 0.2) is 5.78 Å². The van der Waals surface area contributed by atoms with Crippen LogP contribution in [-0.2, 0) is 9.59 Å². The van der Waals surface area contributed by atoms with Crippen LogP contribution < -0.4 is 20.3 Å². The van der Waals surface area contributed by atoms with Gasteiger partial charge in [0.1, 0.15) is 5.75 Å². The molecule has 3 aromatic rings. The second-order valence-electron chi connectivity index (χ2n) is 8.14. The highest BCUT2D eigenvalue weighted by Crippen LogP contribution is 2.45. The van der Waals surface area contributed by atoms with Gasteiger partial charge in [0.25, 0.3) is 0 Å². The lowest BCUT2D eigenvalue weighted by molar-refractivity contribution is -0.117. The monoisotopic (exact) mass is 459 g/mol. The molecule has 2 heterocycles. The number of fused-ring (bicyclic) bond motifs is 1. The van der Waals surface area contributed by atoms with Crippen LogP contribution in [0.25, 0.3) is 0 Å². The Balaban J connectivity index is 1.56. The highest BCUT2D eigenvalue weighted by molar-refractivity contribution is 7.10. The lowest BCUT2D eigenvalue weighted by atomic mass is 9.88. The zero-order chi connectivity index (χ0) is 22.8. The van der Waals surface area contributed by atoms with E-state index in [0.29, 0.717) is 17.9 Å². The molecule has 0 bridgehead atoms. The van der Waals surface area contributed by atoms with Crippen LogP contribution in [-0.4, -0.2) is 25.3 Å². The smallest absolute Gasteiger partial charge is 0.243 e. The number of methoxy groups -OCH3 is 1. The third-order valence-corrected chi connectivity index (χ3v) is 6.95. The molecule has 5 rings (SSSR count). The largest absolute Gasteiger partial charge is 0.497 e. The summed E-state index contributed by atoms with van der Waals surface area (Å²) in [6, 6.07) is 19.0. The summed E-state index contributed by atoms with van der Waals surface area (Å²) in [5.41, 5.74) is 4.22. The highest BCUT2D eigenvalue weighted by Gasteiger charge is 2.37. The lowest BCUT2D eigenvalue weighted by Gasteiger charge is -2.34. The van der Waals surface area contributed by atoms with E-state index < -0.39 is 0 Å². The Hall–Kier alpha value is -3.58. The fraction of sp³-hybridized carbons (Fsp3) is 0.231. The number of anilines is 3. The molecule has 1 aromatic heterocycles. The summed E-state index contributed by atoms with van der Waals surface area (Å²) in [7, 11) is 1.60. The number of thiophene rings is 1. The molecule has 1 aliphatic heterocycles. The van der Waals surface area contributed by atoms with Crippen molar-refractivity contribution >= 4 is 40.1 Å². The molecule has 2 aliphatic rings. The van der Waals surface area contributed by atoms with Gasteiger partial charge in [-0.05, 0) is 48.6 Å². The van der Waals surface area contributed by atoms with Crippen molar-refractivity contribution in [3.05, 3.63) is 82.2 Å². The van der Waals surface area contributed by atoms with Crippen LogP contribution in [0.15, 0.2) is 77.3 Å². The summed E-state index contributed by atoms with van der Waals surface area (Å²) in [5.74, 6) is 0.663. The van der Waals surface area contributed by atoms with E-state index in [1.807, 2.05) is 60.0 Å². The second-order valence-corrected chi connectivity index (χ2v) is 9.12. The first-order valence-electron chi connectivity index (χ1n) is 11.0. The normalized spacial score (nSPS) is 17.5. The van der Waals surface area contributed by atoms with Crippen LogP contribution in [0.3, 0.4) is 0 Å². The zero-order valence-corrected chi connectivity index (χ0v) is 19.2. The van der Waals surface area contributed by atoms with Crippen molar-refractivity contribution in [2.45, 2.75) is 25.3 Å². The molecule has 2 N–H and O–H groups in total. The molecular formula is C26H25N3O3S. The van der Waals surface area contributed by atoms with Crippen LogP contribution in [0.2, 0.25) is 0 Å². The number of nitrogens with one attached hydrogen (secondary N) is 2. The van der Waals surface area contributed by atoms with Crippen LogP contribution >= 0.6 is 11.3 Å². The molecule has 7 heteroatoms. The van der Waals surface area contributed by atoms with E-state index in [0.717, 1.165) is 40.4 Å². The molecule has 0 saturated carbocycles. The van der Waals surface area contributed by atoms with Crippen molar-refractivity contribution in [1.82, 2.24) is 0 Å². The summed E-state index contributed by atoms with van der Waals surface area (Å²) < 4.78 is 5.27. The minimum atomic E-state index is -0.319. The van der Waals surface area contributed by atoms with Crippen LogP contribution in [0, 0.1) is 0 Å². The van der Waals surface area contributed by atoms with Gasteiger partial charge in [0.2, 0.25) is 5.91 Å². The van der Waals surface area contributed by atoms with Crippen LogP contribution in [0.5, 0.6) is 5.75 Å². The van der Waals surface area contributed by atoms with Gasteiger partial charge in [0, 0.05) is 34.3 Å². The number of carbonyl (C=O) groups excluding carboxylic acids is 2. The van der Waals surface area contributed by atoms with Crippen molar-refractivity contribution in [2.24, 2.45) is 0 Å². The number of hydrogen-bond donors (Lipinski definition) is 2. The number of nitrogens with zero attached hydrogens (tertiary/aromatic N) is 1. The molecule has 6 nitrogen and oxygen atoms in total. The maximum absolute atomic E-state index is 13.2. The maximum atomic E-state index is 13.2. The second kappa shape index (κ2) is 9.11. The summed E-state index contributed by atoms with van der Waals surface area (Å²) in [6.45, 7) is 0.0997. The number of ether oxygens (including phenoxy) is 1. The quantitative estimate of drug-likeness (QED) is 0.536. The number of allylic oxidation sites excluding steroid dienone is 1. The molecule has 168 valence electrons. The van der Waals surface area contributed by atoms with Gasteiger partial charge in [0.05, 0.1) is 31.1 Å². The first-order chi connectivity index (χ1) is 16.1. The number of amides is 1. The average Bonchev–Trinajstić information content (AvgIpc) is 3.31. The number of Topliss-reactive ketones (excluding diaryl/α,β-unsaturated/α-hetero) is 1. The minimum Gasteiger partial charge on any atom is -0.497 e. The van der Waals surface area contributed by atoms with E-state index in [4.69, 9.17) is 4.74 Å². The Bertz CT molecular complexity index is 1220. The van der Waals surface area contributed by atoms with E-state index in [1.54, 1.807) is 24.5 Å². The van der Waals surface area contributed by atoms with Gasteiger partial charge in [-0.1, -0.05) is 24.3 Å². The first kappa shape index (κ1) is 21.3. The lowest BCUT2D eigenvalue weighted by Crippen LogP contribution is -2.38. The number of carbonyl (C=O) groups is 2. The predicted molar refractivity (Wildman–Crippen MR) is 132 cm³/mol. The van der Waals surface area contributed by atoms with Gasteiger partial charge in [-0.3, -0.25) is 9.59 Å². The molecule has 1 atom stereocenters. The van der Waals surface area contributed by atoms with E-state index in [-0.39, 0.29) is 24.3 Å². The zero-order valence-electron chi connectivity index (χ0n) is 18.3. The van der Waals surface area contributed by atoms with Crippen molar-refractivity contribution in [3.8, 4) is 5.75 Å². The third kappa shape index (κ3) is 4.24. The fourth-order valence-corrected chi connectivity index (χ4v) is 5.42. The SMILES string of the molecule is COc1cccc(NC(=O)CN2c3ccccc3NC3=C(C(=O)CCC3)C2c2cccs2)c1. The van der Waals surface area contributed by atoms with E-state index in [9.17, 15) is 9.59 Å². The number of rotatable bonds is 5. The first-order valence-corrected chi connectivity index (χ1v) is 11.9. The summed E-state index contributed by atoms with van der Waals surface area (Å²) in [5, 5.41) is 8.53. The van der Waals surface area contributed by atoms with E-state index in [1.165, 1.54) is 0 Å². The molecule has 0 saturated heterocycles. The Morgan fingerprint density at radius 2 is 2.03 bits per heavy atom. The van der Waals surface area contributed by atoms with Crippen LogP contribution in [0.1, 0.15) is 30.2 Å². The summed E-state index contributed by atoms with van der Waals surface area (Å²) in [6.07, 6.45) is 2.18. The Labute approximate surface area is 196 Å². The third-order valence-electron chi connectivity index (χ3n) is 6.02. The maximum Gasteiger partial charge on any atom is 0.243 e. The molecular weight excluding hydrogens is 434 g/mol.